The minimum absolute atomic E-state index is 0.460. The first-order chi connectivity index (χ1) is 7.25. The van der Waals surface area contributed by atoms with Crippen LogP contribution in [0.4, 0.5) is 0 Å². The van der Waals surface area contributed by atoms with Gasteiger partial charge in [0.15, 0.2) is 5.16 Å². The molecule has 1 atom stereocenters. The molecule has 0 amide bonds. The van der Waals surface area contributed by atoms with E-state index in [4.69, 9.17) is 0 Å². The molecule has 1 aromatic heterocycles. The lowest BCUT2D eigenvalue weighted by Gasteiger charge is -2.00. The molecular formula is C11H14N2S2. The van der Waals surface area contributed by atoms with Gasteiger partial charge in [-0.3, -0.25) is 0 Å². The predicted molar refractivity (Wildman–Crippen MR) is 69.9 cm³/mol. The van der Waals surface area contributed by atoms with E-state index in [1.165, 1.54) is 0 Å². The first-order valence-electron chi connectivity index (χ1n) is 5.01. The maximum atomic E-state index is 4.49. The summed E-state index contributed by atoms with van der Waals surface area (Å²) < 4.78 is 0. The van der Waals surface area contributed by atoms with Gasteiger partial charge >= 0.3 is 0 Å². The van der Waals surface area contributed by atoms with Gasteiger partial charge in [0, 0.05) is 5.75 Å². The summed E-state index contributed by atoms with van der Waals surface area (Å²) in [6.45, 7) is 2.11. The fraction of sp³-hybridized carbons (Fsp3) is 0.364. The molecule has 0 saturated heterocycles. The summed E-state index contributed by atoms with van der Waals surface area (Å²) in [6, 6.07) is 8.10. The average molecular weight is 238 g/mol. The smallest absolute Gasteiger partial charge is 0.166 e. The highest BCUT2D eigenvalue weighted by atomic mass is 32.2. The van der Waals surface area contributed by atoms with Gasteiger partial charge < -0.3 is 4.98 Å². The van der Waals surface area contributed by atoms with Crippen LogP contribution in [0.15, 0.2) is 29.4 Å². The van der Waals surface area contributed by atoms with Crippen molar-refractivity contribution in [2.75, 3.05) is 5.75 Å². The van der Waals surface area contributed by atoms with Crippen LogP contribution >= 0.6 is 24.4 Å². The van der Waals surface area contributed by atoms with Crippen LogP contribution in [0.5, 0.6) is 0 Å². The minimum Gasteiger partial charge on any atom is -0.333 e. The molecule has 15 heavy (non-hydrogen) atoms. The van der Waals surface area contributed by atoms with Gasteiger partial charge in [-0.15, -0.1) is 0 Å². The normalized spacial score (nSPS) is 13.2. The van der Waals surface area contributed by atoms with E-state index in [0.717, 1.165) is 28.4 Å². The van der Waals surface area contributed by atoms with Crippen molar-refractivity contribution in [2.24, 2.45) is 0 Å². The molecule has 2 rings (SSSR count). The summed E-state index contributed by atoms with van der Waals surface area (Å²) in [4.78, 5) is 7.79. The Morgan fingerprint density at radius 2 is 2.27 bits per heavy atom. The summed E-state index contributed by atoms with van der Waals surface area (Å²) in [6.07, 6.45) is 1.10. The molecule has 1 aromatic carbocycles. The molecule has 0 saturated carbocycles. The van der Waals surface area contributed by atoms with Crippen molar-refractivity contribution in [1.29, 1.82) is 0 Å². The van der Waals surface area contributed by atoms with Gasteiger partial charge in [-0.05, 0) is 23.8 Å². The van der Waals surface area contributed by atoms with E-state index in [1.54, 1.807) is 11.8 Å². The minimum atomic E-state index is 0.460. The SMILES string of the molecule is CC(S)CCSc1nc2ccccc2[nH]1. The first-order valence-corrected chi connectivity index (χ1v) is 6.51. The number of nitrogens with one attached hydrogen (secondary N) is 1. The number of thiol groups is 1. The van der Waals surface area contributed by atoms with Crippen molar-refractivity contribution in [3.63, 3.8) is 0 Å². The second-order valence-corrected chi connectivity index (χ2v) is 5.51. The van der Waals surface area contributed by atoms with Gasteiger partial charge in [0.05, 0.1) is 11.0 Å². The lowest BCUT2D eigenvalue weighted by Crippen LogP contribution is -1.92. The number of fused-ring (bicyclic) bond motifs is 1. The summed E-state index contributed by atoms with van der Waals surface area (Å²) >= 11 is 6.11. The monoisotopic (exact) mass is 238 g/mol. The number of benzene rings is 1. The van der Waals surface area contributed by atoms with E-state index >= 15 is 0 Å². The van der Waals surface area contributed by atoms with Gasteiger partial charge in [0.1, 0.15) is 0 Å². The van der Waals surface area contributed by atoms with Crippen LogP contribution in [0.25, 0.3) is 11.0 Å². The fourth-order valence-corrected chi connectivity index (χ4v) is 2.64. The number of rotatable bonds is 4. The van der Waals surface area contributed by atoms with Crippen molar-refractivity contribution in [3.8, 4) is 0 Å². The molecule has 0 aliphatic heterocycles. The first kappa shape index (κ1) is 10.9. The number of H-pyrrole nitrogens is 1. The zero-order valence-corrected chi connectivity index (χ0v) is 10.3. The van der Waals surface area contributed by atoms with Crippen LogP contribution in [0.3, 0.4) is 0 Å². The molecule has 2 nitrogen and oxygen atoms in total. The van der Waals surface area contributed by atoms with Gasteiger partial charge in [0.2, 0.25) is 0 Å². The van der Waals surface area contributed by atoms with Gasteiger partial charge in [-0.25, -0.2) is 4.98 Å². The highest BCUT2D eigenvalue weighted by Crippen LogP contribution is 2.20. The van der Waals surface area contributed by atoms with Crippen molar-refractivity contribution in [3.05, 3.63) is 24.3 Å². The third kappa shape index (κ3) is 2.92. The van der Waals surface area contributed by atoms with Crippen LogP contribution < -0.4 is 0 Å². The Morgan fingerprint density at radius 3 is 3.00 bits per heavy atom. The Kier molecular flexibility index (Phi) is 3.59. The van der Waals surface area contributed by atoms with Crippen LogP contribution in [0.2, 0.25) is 0 Å². The fourth-order valence-electron chi connectivity index (χ4n) is 1.32. The number of thioether (sulfide) groups is 1. The lowest BCUT2D eigenvalue weighted by atomic mass is 10.3. The maximum absolute atomic E-state index is 4.49. The van der Waals surface area contributed by atoms with Gasteiger partial charge in [-0.1, -0.05) is 30.8 Å². The quantitative estimate of drug-likeness (QED) is 0.631. The number of hydrogen-bond acceptors (Lipinski definition) is 3. The van der Waals surface area contributed by atoms with Crippen LogP contribution in [-0.2, 0) is 0 Å². The summed E-state index contributed by atoms with van der Waals surface area (Å²) in [5, 5.41) is 1.46. The maximum Gasteiger partial charge on any atom is 0.166 e. The Bertz CT molecular complexity index is 404. The molecule has 0 aliphatic rings. The lowest BCUT2D eigenvalue weighted by molar-refractivity contribution is 0.920. The van der Waals surface area contributed by atoms with E-state index < -0.39 is 0 Å². The summed E-state index contributed by atoms with van der Waals surface area (Å²) in [7, 11) is 0. The van der Waals surface area contributed by atoms with E-state index in [9.17, 15) is 0 Å². The highest BCUT2D eigenvalue weighted by molar-refractivity contribution is 7.99. The van der Waals surface area contributed by atoms with Crippen molar-refractivity contribution >= 4 is 35.4 Å². The molecule has 1 unspecified atom stereocenters. The molecule has 1 heterocycles. The molecular weight excluding hydrogens is 224 g/mol. The number of nitrogens with zero attached hydrogens (tertiary/aromatic N) is 1. The third-order valence-corrected chi connectivity index (χ3v) is 3.31. The zero-order valence-electron chi connectivity index (χ0n) is 8.60. The zero-order chi connectivity index (χ0) is 10.7. The second-order valence-electron chi connectivity index (χ2n) is 3.55. The molecule has 0 spiro atoms. The largest absolute Gasteiger partial charge is 0.333 e. The molecule has 0 aliphatic carbocycles. The van der Waals surface area contributed by atoms with E-state index in [2.05, 4.69) is 29.5 Å². The van der Waals surface area contributed by atoms with E-state index in [0.29, 0.717) is 5.25 Å². The topological polar surface area (TPSA) is 28.7 Å². The Morgan fingerprint density at radius 1 is 1.47 bits per heavy atom. The second kappa shape index (κ2) is 4.94. The number of para-hydroxylation sites is 2. The van der Waals surface area contributed by atoms with Crippen LogP contribution in [0.1, 0.15) is 13.3 Å². The Hall–Kier alpha value is -0.610. The van der Waals surface area contributed by atoms with Gasteiger partial charge in [0.25, 0.3) is 0 Å². The van der Waals surface area contributed by atoms with Crippen LogP contribution in [0, 0.1) is 0 Å². The number of hydrogen-bond donors (Lipinski definition) is 2. The van der Waals surface area contributed by atoms with Crippen molar-refractivity contribution in [2.45, 2.75) is 23.8 Å². The summed E-state index contributed by atoms with van der Waals surface area (Å²) in [5.74, 6) is 1.06. The number of aromatic nitrogens is 2. The van der Waals surface area contributed by atoms with Gasteiger partial charge in [-0.2, -0.15) is 12.6 Å². The predicted octanol–water partition coefficient (Wildman–Crippen LogP) is 3.36. The van der Waals surface area contributed by atoms with E-state index in [-0.39, 0.29) is 0 Å². The molecule has 80 valence electrons. The highest BCUT2D eigenvalue weighted by Gasteiger charge is 2.02. The molecule has 1 N–H and O–H groups in total. The number of imidazole rings is 1. The Labute approximate surface area is 99.3 Å². The third-order valence-electron chi connectivity index (χ3n) is 2.14. The molecule has 0 fully saturated rings. The van der Waals surface area contributed by atoms with Crippen LogP contribution in [-0.4, -0.2) is 21.0 Å². The van der Waals surface area contributed by atoms with E-state index in [1.807, 2.05) is 24.3 Å². The molecule has 4 heteroatoms. The van der Waals surface area contributed by atoms with Crippen molar-refractivity contribution < 1.29 is 0 Å². The average Bonchev–Trinajstić information content (AvgIpc) is 2.59. The van der Waals surface area contributed by atoms with Crippen molar-refractivity contribution in [1.82, 2.24) is 9.97 Å². The summed E-state index contributed by atoms with van der Waals surface area (Å²) in [5.41, 5.74) is 2.15. The molecule has 0 radical (unpaired) electrons. The number of aromatic amines is 1. The Balaban J connectivity index is 2.03. The molecule has 2 aromatic rings. The molecule has 0 bridgehead atoms. The standard InChI is InChI=1S/C11H14N2S2/c1-8(14)6-7-15-11-12-9-4-2-3-5-10(9)13-11/h2-5,8,14H,6-7H2,1H3,(H,12,13).